The van der Waals surface area contributed by atoms with Crippen molar-refractivity contribution in [2.24, 2.45) is 17.6 Å². The van der Waals surface area contributed by atoms with Crippen LogP contribution in [-0.4, -0.2) is 35.0 Å². The minimum Gasteiger partial charge on any atom is -0.481 e. The molecule has 8 heteroatoms. The van der Waals surface area contributed by atoms with Gasteiger partial charge in [0, 0.05) is 24.7 Å². The lowest BCUT2D eigenvalue weighted by Gasteiger charge is -2.18. The predicted molar refractivity (Wildman–Crippen MR) is 74.1 cm³/mol. The van der Waals surface area contributed by atoms with Gasteiger partial charge in [-0.2, -0.15) is 0 Å². The number of benzene rings is 1. The highest BCUT2D eigenvalue weighted by Gasteiger charge is 2.37. The van der Waals surface area contributed by atoms with E-state index < -0.39 is 22.7 Å². The van der Waals surface area contributed by atoms with E-state index >= 15 is 0 Å². The molecule has 0 bridgehead atoms. The van der Waals surface area contributed by atoms with Gasteiger partial charge in [0.15, 0.2) is 0 Å². The number of nitro benzene ring substituents is 1. The maximum atomic E-state index is 11.2. The summed E-state index contributed by atoms with van der Waals surface area (Å²) < 4.78 is 0. The number of carboxylic acids is 1. The summed E-state index contributed by atoms with van der Waals surface area (Å²) in [5, 5.41) is 20.3. The zero-order valence-corrected chi connectivity index (χ0v) is 11.4. The van der Waals surface area contributed by atoms with Crippen LogP contribution in [0.1, 0.15) is 17.3 Å². The van der Waals surface area contributed by atoms with Crippen LogP contribution in [0.15, 0.2) is 18.2 Å². The number of nitrogens with zero attached hydrogens (tertiary/aromatic N) is 2. The van der Waals surface area contributed by atoms with Gasteiger partial charge in [0.25, 0.3) is 5.69 Å². The lowest BCUT2D eigenvalue weighted by molar-refractivity contribution is -0.384. The molecule has 8 nitrogen and oxygen atoms in total. The zero-order valence-electron chi connectivity index (χ0n) is 11.4. The highest BCUT2D eigenvalue weighted by Crippen LogP contribution is 2.35. The number of anilines is 1. The van der Waals surface area contributed by atoms with Crippen molar-refractivity contribution in [3.8, 4) is 0 Å². The maximum Gasteiger partial charge on any atom is 0.308 e. The van der Waals surface area contributed by atoms with E-state index in [9.17, 15) is 19.7 Å². The number of aliphatic carboxylic acids is 1. The summed E-state index contributed by atoms with van der Waals surface area (Å²) in [6, 6.07) is 3.97. The average molecular weight is 293 g/mol. The third-order valence-electron chi connectivity index (χ3n) is 3.73. The number of rotatable bonds is 4. The Bertz CT molecular complexity index is 616. The highest BCUT2D eigenvalue weighted by molar-refractivity contribution is 5.94. The number of carboxylic acid groups (broad SMARTS) is 1. The van der Waals surface area contributed by atoms with E-state index in [0.29, 0.717) is 12.2 Å². The molecule has 2 atom stereocenters. The van der Waals surface area contributed by atoms with Crippen molar-refractivity contribution in [1.29, 1.82) is 0 Å². The lowest BCUT2D eigenvalue weighted by atomic mass is 9.99. The van der Waals surface area contributed by atoms with Crippen LogP contribution in [0.4, 0.5) is 11.4 Å². The fourth-order valence-electron chi connectivity index (χ4n) is 2.58. The number of carbonyl (C=O) groups is 2. The summed E-state index contributed by atoms with van der Waals surface area (Å²) in [6.45, 7) is 2.41. The van der Waals surface area contributed by atoms with Gasteiger partial charge in [-0.25, -0.2) is 0 Å². The smallest absolute Gasteiger partial charge is 0.308 e. The molecule has 1 fully saturated rings. The fraction of sp³-hybridized carbons (Fsp3) is 0.385. The summed E-state index contributed by atoms with van der Waals surface area (Å²) >= 11 is 0. The summed E-state index contributed by atoms with van der Waals surface area (Å²) in [5.41, 5.74) is 5.23. The molecule has 1 heterocycles. The monoisotopic (exact) mass is 293 g/mol. The Kier molecular flexibility index (Phi) is 3.79. The lowest BCUT2D eigenvalue weighted by Crippen LogP contribution is -2.24. The first-order valence-corrected chi connectivity index (χ1v) is 6.37. The molecule has 21 heavy (non-hydrogen) atoms. The Labute approximate surface area is 120 Å². The Morgan fingerprint density at radius 1 is 1.43 bits per heavy atom. The van der Waals surface area contributed by atoms with Gasteiger partial charge < -0.3 is 15.7 Å². The Balaban J connectivity index is 2.38. The highest BCUT2D eigenvalue weighted by atomic mass is 16.6. The quantitative estimate of drug-likeness (QED) is 0.626. The van der Waals surface area contributed by atoms with Gasteiger partial charge in [0.2, 0.25) is 5.91 Å². The molecule has 1 aromatic rings. The standard InChI is InChI=1S/C13H15N3O5/c1-7-5-15(6-9(7)13(18)19)10-3-2-8(12(14)17)4-11(10)16(20)21/h2-4,7,9H,5-6H2,1H3,(H2,14,17)(H,18,19). The molecule has 2 rings (SSSR count). The van der Waals surface area contributed by atoms with E-state index in [1.807, 2.05) is 0 Å². The molecule has 0 radical (unpaired) electrons. The summed E-state index contributed by atoms with van der Waals surface area (Å²) in [5.74, 6) is -2.34. The molecule has 2 unspecified atom stereocenters. The first kappa shape index (κ1) is 14.8. The van der Waals surface area contributed by atoms with Crippen LogP contribution in [0.2, 0.25) is 0 Å². The minimum absolute atomic E-state index is 0.0486. The molecule has 1 amide bonds. The molecular weight excluding hydrogens is 278 g/mol. The van der Waals surface area contributed by atoms with E-state index in [1.165, 1.54) is 12.1 Å². The van der Waals surface area contributed by atoms with E-state index in [2.05, 4.69) is 0 Å². The Morgan fingerprint density at radius 2 is 2.10 bits per heavy atom. The van der Waals surface area contributed by atoms with Crippen LogP contribution in [0.3, 0.4) is 0 Å². The Morgan fingerprint density at radius 3 is 2.57 bits per heavy atom. The van der Waals surface area contributed by atoms with Crippen LogP contribution in [0.5, 0.6) is 0 Å². The van der Waals surface area contributed by atoms with Crippen molar-refractivity contribution in [2.75, 3.05) is 18.0 Å². The zero-order chi connectivity index (χ0) is 15.7. The molecule has 1 aromatic carbocycles. The average Bonchev–Trinajstić information content (AvgIpc) is 2.80. The molecule has 0 aliphatic carbocycles. The van der Waals surface area contributed by atoms with Gasteiger partial charge in [-0.1, -0.05) is 6.92 Å². The van der Waals surface area contributed by atoms with Crippen molar-refractivity contribution in [1.82, 2.24) is 0 Å². The molecule has 112 valence electrons. The van der Waals surface area contributed by atoms with Crippen molar-refractivity contribution in [2.45, 2.75) is 6.92 Å². The van der Waals surface area contributed by atoms with Gasteiger partial charge in [-0.3, -0.25) is 19.7 Å². The SMILES string of the molecule is CC1CN(c2ccc(C(N)=O)cc2[N+](=O)[O-])CC1C(=O)O. The number of amides is 1. The van der Waals surface area contributed by atoms with Crippen molar-refractivity contribution in [3.05, 3.63) is 33.9 Å². The second-order valence-electron chi connectivity index (χ2n) is 5.15. The number of nitrogens with two attached hydrogens (primary N) is 1. The first-order chi connectivity index (χ1) is 9.81. The molecule has 0 spiro atoms. The van der Waals surface area contributed by atoms with Gasteiger partial charge in [0.1, 0.15) is 5.69 Å². The van der Waals surface area contributed by atoms with Crippen LogP contribution in [0.25, 0.3) is 0 Å². The fourth-order valence-corrected chi connectivity index (χ4v) is 2.58. The number of nitro groups is 1. The number of primary amides is 1. The first-order valence-electron chi connectivity index (χ1n) is 6.37. The van der Waals surface area contributed by atoms with E-state index in [1.54, 1.807) is 11.8 Å². The Hall–Kier alpha value is -2.64. The van der Waals surface area contributed by atoms with Gasteiger partial charge in [-0.15, -0.1) is 0 Å². The normalized spacial score (nSPS) is 21.3. The number of carbonyl (C=O) groups excluding carboxylic acids is 1. The molecule has 1 aliphatic rings. The van der Waals surface area contributed by atoms with Crippen molar-refractivity contribution >= 4 is 23.3 Å². The van der Waals surface area contributed by atoms with E-state index in [-0.39, 0.29) is 23.7 Å². The van der Waals surface area contributed by atoms with Crippen LogP contribution < -0.4 is 10.6 Å². The summed E-state index contributed by atoms with van der Waals surface area (Å²) in [6.07, 6.45) is 0. The maximum absolute atomic E-state index is 11.2. The largest absolute Gasteiger partial charge is 0.481 e. The molecule has 0 saturated carbocycles. The minimum atomic E-state index is -0.915. The van der Waals surface area contributed by atoms with Gasteiger partial charge in [-0.05, 0) is 18.1 Å². The molecule has 3 N–H and O–H groups in total. The van der Waals surface area contributed by atoms with E-state index in [4.69, 9.17) is 10.8 Å². The second-order valence-corrected chi connectivity index (χ2v) is 5.15. The summed E-state index contributed by atoms with van der Waals surface area (Å²) in [7, 11) is 0. The van der Waals surface area contributed by atoms with Crippen LogP contribution in [0, 0.1) is 22.0 Å². The number of hydrogen-bond acceptors (Lipinski definition) is 5. The van der Waals surface area contributed by atoms with Gasteiger partial charge >= 0.3 is 5.97 Å². The number of hydrogen-bond donors (Lipinski definition) is 2. The van der Waals surface area contributed by atoms with Crippen molar-refractivity contribution in [3.63, 3.8) is 0 Å². The molecule has 1 saturated heterocycles. The topological polar surface area (TPSA) is 127 Å². The molecule has 0 aromatic heterocycles. The third kappa shape index (κ3) is 2.78. The molecule has 1 aliphatic heterocycles. The summed E-state index contributed by atoms with van der Waals surface area (Å²) in [4.78, 5) is 34.5. The van der Waals surface area contributed by atoms with Crippen LogP contribution >= 0.6 is 0 Å². The third-order valence-corrected chi connectivity index (χ3v) is 3.73. The predicted octanol–water partition coefficient (Wildman–Crippen LogP) is 0.851. The van der Waals surface area contributed by atoms with E-state index in [0.717, 1.165) is 6.07 Å². The second kappa shape index (κ2) is 5.39. The van der Waals surface area contributed by atoms with Crippen LogP contribution in [-0.2, 0) is 4.79 Å². The van der Waals surface area contributed by atoms with Gasteiger partial charge in [0.05, 0.1) is 10.8 Å². The molecular formula is C13H15N3O5. The van der Waals surface area contributed by atoms with Crippen molar-refractivity contribution < 1.29 is 19.6 Å².